The molecule has 0 bridgehead atoms. The van der Waals surface area contributed by atoms with Gasteiger partial charge in [0.15, 0.2) is 0 Å². The van der Waals surface area contributed by atoms with Crippen LogP contribution in [-0.4, -0.2) is 37.7 Å². The number of nitrogens with one attached hydrogen (secondary N) is 1. The lowest BCUT2D eigenvalue weighted by molar-refractivity contribution is 0.193. The van der Waals surface area contributed by atoms with Crippen LogP contribution in [0.1, 0.15) is 38.2 Å². The second kappa shape index (κ2) is 8.28. The van der Waals surface area contributed by atoms with E-state index in [1.807, 2.05) is 0 Å². The topological polar surface area (TPSA) is 24.5 Å². The van der Waals surface area contributed by atoms with Crippen molar-refractivity contribution in [2.75, 3.05) is 26.7 Å². The third-order valence-corrected chi connectivity index (χ3v) is 4.16. The molecular formula is C17H28N2O. The summed E-state index contributed by atoms with van der Waals surface area (Å²) in [6.07, 6.45) is 5.50. The molecule has 0 saturated heterocycles. The summed E-state index contributed by atoms with van der Waals surface area (Å²) in [7, 11) is 2.22. The normalized spacial score (nSPS) is 15.9. The SMILES string of the molecule is CCNCc1ccc(OCCN(C)C2CCCC2)cc1. The molecule has 2 rings (SSSR count). The minimum absolute atomic E-state index is 0.777. The van der Waals surface area contributed by atoms with Gasteiger partial charge >= 0.3 is 0 Å². The number of hydrogen-bond acceptors (Lipinski definition) is 3. The molecule has 0 amide bonds. The Morgan fingerprint density at radius 1 is 1.20 bits per heavy atom. The van der Waals surface area contributed by atoms with E-state index in [4.69, 9.17) is 4.74 Å². The summed E-state index contributed by atoms with van der Waals surface area (Å²) in [5.41, 5.74) is 1.31. The Kier molecular flexibility index (Phi) is 6.34. The van der Waals surface area contributed by atoms with Crippen molar-refractivity contribution in [1.29, 1.82) is 0 Å². The summed E-state index contributed by atoms with van der Waals surface area (Å²) < 4.78 is 5.83. The van der Waals surface area contributed by atoms with E-state index in [2.05, 4.69) is 48.5 Å². The number of likely N-dealkylation sites (N-methyl/N-ethyl adjacent to an activating group) is 1. The van der Waals surface area contributed by atoms with Gasteiger partial charge in [0.2, 0.25) is 0 Å². The molecule has 1 aromatic carbocycles. The van der Waals surface area contributed by atoms with E-state index >= 15 is 0 Å². The lowest BCUT2D eigenvalue weighted by Crippen LogP contribution is -2.32. The van der Waals surface area contributed by atoms with Gasteiger partial charge in [-0.15, -0.1) is 0 Å². The summed E-state index contributed by atoms with van der Waals surface area (Å²) in [5.74, 6) is 0.977. The van der Waals surface area contributed by atoms with Gasteiger partial charge in [-0.05, 0) is 44.1 Å². The lowest BCUT2D eigenvalue weighted by atomic mass is 10.2. The number of ether oxygens (including phenoxy) is 1. The van der Waals surface area contributed by atoms with Crippen molar-refractivity contribution in [3.8, 4) is 5.75 Å². The average Bonchev–Trinajstić information content (AvgIpc) is 3.00. The molecule has 1 aliphatic rings. The van der Waals surface area contributed by atoms with Crippen molar-refractivity contribution >= 4 is 0 Å². The standard InChI is InChI=1S/C17H28N2O/c1-3-18-14-15-8-10-17(11-9-15)20-13-12-19(2)16-6-4-5-7-16/h8-11,16,18H,3-7,12-14H2,1-2H3. The van der Waals surface area contributed by atoms with Crippen molar-refractivity contribution in [2.24, 2.45) is 0 Å². The molecule has 1 aromatic rings. The zero-order chi connectivity index (χ0) is 14.2. The van der Waals surface area contributed by atoms with Gasteiger partial charge < -0.3 is 15.0 Å². The molecule has 20 heavy (non-hydrogen) atoms. The summed E-state index contributed by atoms with van der Waals surface area (Å²) in [6.45, 7) is 5.86. The number of nitrogens with zero attached hydrogens (tertiary/aromatic N) is 1. The highest BCUT2D eigenvalue weighted by atomic mass is 16.5. The van der Waals surface area contributed by atoms with E-state index in [0.717, 1.165) is 38.0 Å². The van der Waals surface area contributed by atoms with Crippen LogP contribution in [0.15, 0.2) is 24.3 Å². The van der Waals surface area contributed by atoms with Gasteiger partial charge in [-0.2, -0.15) is 0 Å². The third-order valence-electron chi connectivity index (χ3n) is 4.16. The number of hydrogen-bond donors (Lipinski definition) is 1. The molecule has 0 radical (unpaired) electrons. The largest absolute Gasteiger partial charge is 0.492 e. The summed E-state index contributed by atoms with van der Waals surface area (Å²) >= 11 is 0. The minimum atomic E-state index is 0.777. The van der Waals surface area contributed by atoms with E-state index in [9.17, 15) is 0 Å². The molecule has 3 nitrogen and oxygen atoms in total. The first-order chi connectivity index (χ1) is 9.79. The third kappa shape index (κ3) is 4.80. The second-order valence-electron chi connectivity index (χ2n) is 5.69. The fourth-order valence-corrected chi connectivity index (χ4v) is 2.81. The van der Waals surface area contributed by atoms with Crippen LogP contribution < -0.4 is 10.1 Å². The number of benzene rings is 1. The van der Waals surface area contributed by atoms with Gasteiger partial charge in [-0.25, -0.2) is 0 Å². The van der Waals surface area contributed by atoms with Gasteiger partial charge in [0.1, 0.15) is 12.4 Å². The zero-order valence-corrected chi connectivity index (χ0v) is 12.9. The molecule has 0 heterocycles. The molecule has 0 aromatic heterocycles. The zero-order valence-electron chi connectivity index (χ0n) is 12.9. The molecule has 0 spiro atoms. The Balaban J connectivity index is 1.68. The molecule has 1 fully saturated rings. The highest BCUT2D eigenvalue weighted by Gasteiger charge is 2.18. The molecule has 0 unspecified atom stereocenters. The summed E-state index contributed by atoms with van der Waals surface area (Å²) in [6, 6.07) is 9.20. The molecule has 1 aliphatic carbocycles. The van der Waals surface area contributed by atoms with Crippen molar-refractivity contribution < 1.29 is 4.74 Å². The maximum absolute atomic E-state index is 5.83. The smallest absolute Gasteiger partial charge is 0.119 e. The van der Waals surface area contributed by atoms with Gasteiger partial charge in [-0.3, -0.25) is 0 Å². The van der Waals surface area contributed by atoms with Crippen LogP contribution in [0, 0.1) is 0 Å². The van der Waals surface area contributed by atoms with Crippen molar-refractivity contribution in [1.82, 2.24) is 10.2 Å². The van der Waals surface area contributed by atoms with Crippen molar-refractivity contribution in [2.45, 2.75) is 45.2 Å². The second-order valence-corrected chi connectivity index (χ2v) is 5.69. The predicted molar refractivity (Wildman–Crippen MR) is 84.2 cm³/mol. The van der Waals surface area contributed by atoms with Crippen LogP contribution in [0.25, 0.3) is 0 Å². The first-order valence-corrected chi connectivity index (χ1v) is 7.92. The Hall–Kier alpha value is -1.06. The first-order valence-electron chi connectivity index (χ1n) is 7.92. The molecule has 0 atom stereocenters. The summed E-state index contributed by atoms with van der Waals surface area (Å²) in [4.78, 5) is 2.45. The first kappa shape index (κ1) is 15.3. The van der Waals surface area contributed by atoms with Gasteiger partial charge in [0.25, 0.3) is 0 Å². The van der Waals surface area contributed by atoms with Gasteiger partial charge in [0, 0.05) is 19.1 Å². The van der Waals surface area contributed by atoms with E-state index in [1.165, 1.54) is 31.2 Å². The Morgan fingerprint density at radius 2 is 1.90 bits per heavy atom. The fraction of sp³-hybridized carbons (Fsp3) is 0.647. The minimum Gasteiger partial charge on any atom is -0.492 e. The maximum atomic E-state index is 5.83. The summed E-state index contributed by atoms with van der Waals surface area (Å²) in [5, 5.41) is 3.33. The monoisotopic (exact) mass is 276 g/mol. The maximum Gasteiger partial charge on any atom is 0.119 e. The van der Waals surface area contributed by atoms with E-state index in [-0.39, 0.29) is 0 Å². The van der Waals surface area contributed by atoms with E-state index in [0.29, 0.717) is 0 Å². The molecule has 112 valence electrons. The van der Waals surface area contributed by atoms with Crippen LogP contribution >= 0.6 is 0 Å². The molecule has 1 N–H and O–H groups in total. The van der Waals surface area contributed by atoms with Gasteiger partial charge in [-0.1, -0.05) is 31.9 Å². The lowest BCUT2D eigenvalue weighted by Gasteiger charge is -2.23. The molecule has 3 heteroatoms. The molecule has 0 aliphatic heterocycles. The molecule has 1 saturated carbocycles. The number of rotatable bonds is 8. The highest BCUT2D eigenvalue weighted by Crippen LogP contribution is 2.22. The van der Waals surface area contributed by atoms with Crippen LogP contribution in [-0.2, 0) is 6.54 Å². The fourth-order valence-electron chi connectivity index (χ4n) is 2.81. The highest BCUT2D eigenvalue weighted by molar-refractivity contribution is 5.27. The van der Waals surface area contributed by atoms with Crippen molar-refractivity contribution in [3.05, 3.63) is 29.8 Å². The van der Waals surface area contributed by atoms with Crippen LogP contribution in [0.2, 0.25) is 0 Å². The van der Waals surface area contributed by atoms with E-state index < -0.39 is 0 Å². The van der Waals surface area contributed by atoms with Gasteiger partial charge in [0.05, 0.1) is 0 Å². The average molecular weight is 276 g/mol. The van der Waals surface area contributed by atoms with Crippen LogP contribution in [0.5, 0.6) is 5.75 Å². The Morgan fingerprint density at radius 3 is 2.55 bits per heavy atom. The quantitative estimate of drug-likeness (QED) is 0.790. The van der Waals surface area contributed by atoms with Crippen LogP contribution in [0.4, 0.5) is 0 Å². The Labute approximate surface area is 123 Å². The predicted octanol–water partition coefficient (Wildman–Crippen LogP) is 3.05. The van der Waals surface area contributed by atoms with Crippen molar-refractivity contribution in [3.63, 3.8) is 0 Å². The molecular weight excluding hydrogens is 248 g/mol. The van der Waals surface area contributed by atoms with Crippen LogP contribution in [0.3, 0.4) is 0 Å². The van der Waals surface area contributed by atoms with E-state index in [1.54, 1.807) is 0 Å². The Bertz CT molecular complexity index is 371.